The van der Waals surface area contributed by atoms with Gasteiger partial charge in [-0.3, -0.25) is 0 Å². The van der Waals surface area contributed by atoms with Gasteiger partial charge in [-0.15, -0.1) is 0 Å². The lowest BCUT2D eigenvalue weighted by Gasteiger charge is -2.10. The molecular formula is C43H34N4. The summed E-state index contributed by atoms with van der Waals surface area (Å²) < 4.78 is 4.84. The van der Waals surface area contributed by atoms with Crippen molar-refractivity contribution < 1.29 is 0 Å². The van der Waals surface area contributed by atoms with E-state index < -0.39 is 0 Å². The highest BCUT2D eigenvalue weighted by Crippen LogP contribution is 2.41. The molecule has 0 atom stereocenters. The van der Waals surface area contributed by atoms with Crippen LogP contribution in [0.4, 0.5) is 17.1 Å². The van der Waals surface area contributed by atoms with E-state index in [2.05, 4.69) is 137 Å². The molecule has 4 heteroatoms. The Morgan fingerprint density at radius 2 is 1.09 bits per heavy atom. The van der Waals surface area contributed by atoms with Gasteiger partial charge in [-0.05, 0) is 79.2 Å². The van der Waals surface area contributed by atoms with Crippen LogP contribution in [0.25, 0.3) is 55.0 Å². The molecule has 0 aliphatic heterocycles. The molecule has 226 valence electrons. The molecule has 0 aliphatic rings. The topological polar surface area (TPSA) is 47.9 Å². The number of nitrogens with zero attached hydrogens (tertiary/aromatic N) is 2. The first-order valence-corrected chi connectivity index (χ1v) is 15.9. The van der Waals surface area contributed by atoms with Crippen LogP contribution in [0.1, 0.15) is 5.56 Å². The van der Waals surface area contributed by atoms with Crippen LogP contribution in [0.2, 0.25) is 0 Å². The van der Waals surface area contributed by atoms with Crippen LogP contribution >= 0.6 is 0 Å². The van der Waals surface area contributed by atoms with Crippen molar-refractivity contribution in [1.82, 2.24) is 9.13 Å². The molecule has 0 radical (unpaired) electrons. The summed E-state index contributed by atoms with van der Waals surface area (Å²) >= 11 is 0. The minimum Gasteiger partial charge on any atom is -0.397 e. The van der Waals surface area contributed by atoms with E-state index in [1.54, 1.807) is 0 Å². The van der Waals surface area contributed by atoms with Gasteiger partial charge in [0, 0.05) is 38.6 Å². The van der Waals surface area contributed by atoms with Gasteiger partial charge < -0.3 is 20.2 Å². The van der Waals surface area contributed by atoms with Crippen molar-refractivity contribution in [2.75, 3.05) is 11.1 Å². The standard InChI is InChI=1S/C31H22N2.C12H12N2/c1-21-10-9-13-23(20-21)32-28-17-8-6-15-26(28)30-29(32)19-18-25-24-14-5-7-16-27(24)33(31(25)30)22-11-3-2-4-12-22;13-11-8-4-5-9-12(11)14-10-6-2-1-3-7-10/h2-20H,1H3;1-9,14H,13H2. The fourth-order valence-electron chi connectivity index (χ4n) is 6.69. The lowest BCUT2D eigenvalue weighted by molar-refractivity contribution is 1.17. The van der Waals surface area contributed by atoms with Gasteiger partial charge >= 0.3 is 0 Å². The summed E-state index contributed by atoms with van der Waals surface area (Å²) in [6, 6.07) is 59.3. The SMILES string of the molecule is Cc1cccc(-n2c3ccccc3c3c2ccc2c4ccccc4n(-c4ccccc4)c23)c1.Nc1ccccc1Nc1ccccc1. The second-order valence-electron chi connectivity index (χ2n) is 11.8. The summed E-state index contributed by atoms with van der Waals surface area (Å²) in [4.78, 5) is 0. The molecule has 2 heterocycles. The summed E-state index contributed by atoms with van der Waals surface area (Å²) in [7, 11) is 0. The molecule has 9 aromatic rings. The van der Waals surface area contributed by atoms with Gasteiger partial charge in [-0.2, -0.15) is 0 Å². The maximum absolute atomic E-state index is 5.81. The molecule has 0 bridgehead atoms. The molecular weight excluding hydrogens is 573 g/mol. The van der Waals surface area contributed by atoms with Crippen molar-refractivity contribution in [3.63, 3.8) is 0 Å². The number of para-hydroxylation sites is 6. The quantitative estimate of drug-likeness (QED) is 0.196. The first-order chi connectivity index (χ1) is 23.2. The first-order valence-electron chi connectivity index (χ1n) is 15.9. The van der Waals surface area contributed by atoms with Gasteiger partial charge in [-0.25, -0.2) is 0 Å². The van der Waals surface area contributed by atoms with E-state index in [1.807, 2.05) is 54.6 Å². The zero-order chi connectivity index (χ0) is 31.7. The van der Waals surface area contributed by atoms with Crippen LogP contribution in [0.5, 0.6) is 0 Å². The molecule has 0 amide bonds. The number of aryl methyl sites for hydroxylation is 1. The Morgan fingerprint density at radius 1 is 0.468 bits per heavy atom. The number of nitrogens with one attached hydrogen (secondary N) is 1. The van der Waals surface area contributed by atoms with E-state index in [9.17, 15) is 0 Å². The molecule has 4 nitrogen and oxygen atoms in total. The second-order valence-corrected chi connectivity index (χ2v) is 11.8. The normalized spacial score (nSPS) is 11.2. The van der Waals surface area contributed by atoms with Crippen molar-refractivity contribution in [3.8, 4) is 11.4 Å². The van der Waals surface area contributed by atoms with Crippen molar-refractivity contribution >= 4 is 60.7 Å². The molecule has 0 spiro atoms. The first kappa shape index (κ1) is 28.2. The molecule has 0 saturated heterocycles. The highest BCUT2D eigenvalue weighted by Gasteiger charge is 2.20. The van der Waals surface area contributed by atoms with E-state index in [-0.39, 0.29) is 0 Å². The molecule has 0 unspecified atom stereocenters. The van der Waals surface area contributed by atoms with Crippen molar-refractivity contribution in [2.45, 2.75) is 6.92 Å². The van der Waals surface area contributed by atoms with E-state index in [4.69, 9.17) is 5.73 Å². The van der Waals surface area contributed by atoms with Crippen LogP contribution in [0, 0.1) is 6.92 Å². The molecule has 0 saturated carbocycles. The van der Waals surface area contributed by atoms with Crippen molar-refractivity contribution in [2.24, 2.45) is 0 Å². The monoisotopic (exact) mass is 606 g/mol. The number of fused-ring (bicyclic) bond motifs is 7. The number of rotatable bonds is 4. The summed E-state index contributed by atoms with van der Waals surface area (Å²) in [6.07, 6.45) is 0. The van der Waals surface area contributed by atoms with Gasteiger partial charge in [0.05, 0.1) is 33.4 Å². The van der Waals surface area contributed by atoms with Gasteiger partial charge in [0.1, 0.15) is 0 Å². The Balaban J connectivity index is 0.000000194. The van der Waals surface area contributed by atoms with E-state index in [0.29, 0.717) is 0 Å². The lowest BCUT2D eigenvalue weighted by Crippen LogP contribution is -1.95. The molecule has 9 rings (SSSR count). The van der Waals surface area contributed by atoms with Gasteiger partial charge in [0.25, 0.3) is 0 Å². The fraction of sp³-hybridized carbons (Fsp3) is 0.0233. The maximum atomic E-state index is 5.81. The Labute approximate surface area is 273 Å². The predicted molar refractivity (Wildman–Crippen MR) is 200 cm³/mol. The summed E-state index contributed by atoms with van der Waals surface area (Å²) in [6.45, 7) is 2.16. The summed E-state index contributed by atoms with van der Waals surface area (Å²) in [5.74, 6) is 0. The number of nitrogens with two attached hydrogens (primary N) is 1. The average molecular weight is 607 g/mol. The van der Waals surface area contributed by atoms with Crippen LogP contribution in [-0.2, 0) is 0 Å². The minimum atomic E-state index is 0.761. The van der Waals surface area contributed by atoms with Crippen LogP contribution in [0.3, 0.4) is 0 Å². The molecule has 7 aromatic carbocycles. The zero-order valence-corrected chi connectivity index (χ0v) is 26.1. The fourth-order valence-corrected chi connectivity index (χ4v) is 6.69. The third-order valence-electron chi connectivity index (χ3n) is 8.76. The molecule has 47 heavy (non-hydrogen) atoms. The van der Waals surface area contributed by atoms with Crippen LogP contribution in [-0.4, -0.2) is 9.13 Å². The third-order valence-corrected chi connectivity index (χ3v) is 8.76. The third kappa shape index (κ3) is 5.06. The second kappa shape index (κ2) is 11.9. The smallest absolute Gasteiger partial charge is 0.0641 e. The number of benzene rings is 7. The van der Waals surface area contributed by atoms with Crippen molar-refractivity contribution in [3.05, 3.63) is 175 Å². The number of nitrogen functional groups attached to an aromatic ring is 1. The van der Waals surface area contributed by atoms with Crippen LogP contribution < -0.4 is 11.1 Å². The number of hydrogen-bond donors (Lipinski definition) is 2. The Bertz CT molecular complexity index is 2510. The number of hydrogen-bond acceptors (Lipinski definition) is 2. The molecule has 0 aliphatic carbocycles. The molecule has 2 aromatic heterocycles. The van der Waals surface area contributed by atoms with Crippen molar-refractivity contribution in [1.29, 1.82) is 0 Å². The van der Waals surface area contributed by atoms with Gasteiger partial charge in [-0.1, -0.05) is 103 Å². The van der Waals surface area contributed by atoms with Gasteiger partial charge in [0.2, 0.25) is 0 Å². The summed E-state index contributed by atoms with van der Waals surface area (Å²) in [5.41, 5.74) is 17.2. The minimum absolute atomic E-state index is 0.761. The lowest BCUT2D eigenvalue weighted by atomic mass is 10.1. The van der Waals surface area contributed by atoms with Gasteiger partial charge in [0.15, 0.2) is 0 Å². The predicted octanol–water partition coefficient (Wildman–Crippen LogP) is 11.2. The highest BCUT2D eigenvalue weighted by atomic mass is 15.0. The Kier molecular flexibility index (Phi) is 7.16. The van der Waals surface area contributed by atoms with E-state index >= 15 is 0 Å². The largest absolute Gasteiger partial charge is 0.397 e. The number of aromatic nitrogens is 2. The zero-order valence-electron chi connectivity index (χ0n) is 26.1. The Morgan fingerprint density at radius 3 is 1.83 bits per heavy atom. The number of anilines is 3. The van der Waals surface area contributed by atoms with Crippen LogP contribution in [0.15, 0.2) is 170 Å². The van der Waals surface area contributed by atoms with E-state index in [0.717, 1.165) is 17.1 Å². The van der Waals surface area contributed by atoms with E-state index in [1.165, 1.54) is 60.5 Å². The summed E-state index contributed by atoms with van der Waals surface area (Å²) in [5, 5.41) is 8.39. The molecule has 3 N–H and O–H groups in total. The average Bonchev–Trinajstić information content (AvgIpc) is 3.63. The molecule has 0 fully saturated rings. The highest BCUT2D eigenvalue weighted by molar-refractivity contribution is 6.26. The maximum Gasteiger partial charge on any atom is 0.0641 e. The Hall–Kier alpha value is -6.26.